The zero-order chi connectivity index (χ0) is 15.2. The highest BCUT2D eigenvalue weighted by molar-refractivity contribution is 5.58. The number of aliphatic hydroxyl groups is 1. The maximum Gasteiger partial charge on any atom is 0.269 e. The number of rotatable bonds is 6. The highest BCUT2D eigenvalue weighted by Gasteiger charge is 2.14. The fraction of sp³-hybridized carbons (Fsp3) is 0.267. The van der Waals surface area contributed by atoms with Crippen LogP contribution in [0.5, 0.6) is 0 Å². The number of non-ortho nitro benzene ring substituents is 1. The van der Waals surface area contributed by atoms with Crippen LogP contribution in [0.3, 0.4) is 0 Å². The van der Waals surface area contributed by atoms with Crippen molar-refractivity contribution in [3.63, 3.8) is 0 Å². The van der Waals surface area contributed by atoms with Gasteiger partial charge in [-0.2, -0.15) is 0 Å². The molecular weight excluding hydrogens is 270 g/mol. The number of anilines is 1. The predicted octanol–water partition coefficient (Wildman–Crippen LogP) is 2.51. The van der Waals surface area contributed by atoms with E-state index in [4.69, 9.17) is 0 Å². The molecule has 0 amide bonds. The summed E-state index contributed by atoms with van der Waals surface area (Å²) in [5, 5.41) is 20.3. The standard InChI is InChI=1S/C15H17N3O3/c1-2-17(10-12-5-7-16-8-6-12)15-4-3-14(18(20)21)9-13(15)11-19/h3-9,19H,2,10-11H2,1H3. The van der Waals surface area contributed by atoms with Gasteiger partial charge in [-0.1, -0.05) is 0 Å². The molecule has 2 aromatic rings. The molecule has 6 nitrogen and oxygen atoms in total. The van der Waals surface area contributed by atoms with Crippen LogP contribution in [0.4, 0.5) is 11.4 Å². The molecule has 0 atom stereocenters. The maximum absolute atomic E-state index is 10.8. The van der Waals surface area contributed by atoms with E-state index in [9.17, 15) is 15.2 Å². The minimum atomic E-state index is -0.456. The first kappa shape index (κ1) is 14.9. The number of hydrogen-bond donors (Lipinski definition) is 1. The Balaban J connectivity index is 2.31. The minimum Gasteiger partial charge on any atom is -0.392 e. The topological polar surface area (TPSA) is 79.5 Å². The molecule has 0 aliphatic rings. The summed E-state index contributed by atoms with van der Waals surface area (Å²) in [6, 6.07) is 8.42. The van der Waals surface area contributed by atoms with Crippen LogP contribution in [0, 0.1) is 10.1 Å². The first-order valence-electron chi connectivity index (χ1n) is 6.67. The summed E-state index contributed by atoms with van der Waals surface area (Å²) in [6.45, 7) is 3.16. The lowest BCUT2D eigenvalue weighted by molar-refractivity contribution is -0.384. The second kappa shape index (κ2) is 6.81. The van der Waals surface area contributed by atoms with E-state index in [0.29, 0.717) is 12.1 Å². The first-order valence-corrected chi connectivity index (χ1v) is 6.67. The lowest BCUT2D eigenvalue weighted by Gasteiger charge is -2.25. The lowest BCUT2D eigenvalue weighted by Crippen LogP contribution is -2.23. The second-order valence-corrected chi connectivity index (χ2v) is 4.60. The zero-order valence-electron chi connectivity index (χ0n) is 11.8. The van der Waals surface area contributed by atoms with E-state index in [1.54, 1.807) is 18.5 Å². The molecule has 0 aliphatic heterocycles. The number of pyridine rings is 1. The van der Waals surface area contributed by atoms with Gasteiger partial charge in [-0.25, -0.2) is 0 Å². The largest absolute Gasteiger partial charge is 0.392 e. The number of aliphatic hydroxyl groups excluding tert-OH is 1. The predicted molar refractivity (Wildman–Crippen MR) is 80.0 cm³/mol. The molecule has 0 bridgehead atoms. The molecule has 21 heavy (non-hydrogen) atoms. The van der Waals surface area contributed by atoms with Crippen LogP contribution < -0.4 is 4.90 Å². The van der Waals surface area contributed by atoms with E-state index in [2.05, 4.69) is 9.88 Å². The van der Waals surface area contributed by atoms with Crippen LogP contribution in [0.25, 0.3) is 0 Å². The number of nitrogens with zero attached hydrogens (tertiary/aromatic N) is 3. The Hall–Kier alpha value is -2.47. The van der Waals surface area contributed by atoms with Gasteiger partial charge < -0.3 is 10.0 Å². The van der Waals surface area contributed by atoms with Gasteiger partial charge in [0.2, 0.25) is 0 Å². The van der Waals surface area contributed by atoms with Gasteiger partial charge in [-0.05, 0) is 30.7 Å². The van der Waals surface area contributed by atoms with Crippen molar-refractivity contribution in [1.82, 2.24) is 4.98 Å². The quantitative estimate of drug-likeness (QED) is 0.652. The fourth-order valence-electron chi connectivity index (χ4n) is 2.20. The smallest absolute Gasteiger partial charge is 0.269 e. The normalized spacial score (nSPS) is 10.4. The third kappa shape index (κ3) is 3.55. The molecule has 1 aromatic carbocycles. The molecular formula is C15H17N3O3. The lowest BCUT2D eigenvalue weighted by atomic mass is 10.1. The molecule has 2 rings (SSSR count). The summed E-state index contributed by atoms with van der Waals surface area (Å²) in [7, 11) is 0. The monoisotopic (exact) mass is 287 g/mol. The third-order valence-electron chi connectivity index (χ3n) is 3.29. The van der Waals surface area contributed by atoms with Gasteiger partial charge >= 0.3 is 0 Å². The van der Waals surface area contributed by atoms with Gasteiger partial charge in [0.15, 0.2) is 0 Å². The Labute approximate surface area is 122 Å². The summed E-state index contributed by atoms with van der Waals surface area (Å²) < 4.78 is 0. The Bertz CT molecular complexity index is 617. The van der Waals surface area contributed by atoms with Crippen LogP contribution >= 0.6 is 0 Å². The van der Waals surface area contributed by atoms with Gasteiger partial charge in [0.1, 0.15) is 0 Å². The molecule has 1 N–H and O–H groups in total. The van der Waals surface area contributed by atoms with Crippen LogP contribution in [-0.4, -0.2) is 21.6 Å². The Morgan fingerprint density at radius 3 is 2.57 bits per heavy atom. The molecule has 0 unspecified atom stereocenters. The van der Waals surface area contributed by atoms with E-state index >= 15 is 0 Å². The molecule has 0 saturated carbocycles. The summed E-state index contributed by atoms with van der Waals surface area (Å²) in [6.07, 6.45) is 3.46. The number of nitro groups is 1. The second-order valence-electron chi connectivity index (χ2n) is 4.60. The molecule has 1 heterocycles. The van der Waals surface area contributed by atoms with Crippen molar-refractivity contribution in [3.05, 3.63) is 64.0 Å². The van der Waals surface area contributed by atoms with Gasteiger partial charge in [0.25, 0.3) is 5.69 Å². The Morgan fingerprint density at radius 2 is 2.00 bits per heavy atom. The highest BCUT2D eigenvalue weighted by atomic mass is 16.6. The minimum absolute atomic E-state index is 0.0113. The average molecular weight is 287 g/mol. The molecule has 6 heteroatoms. The summed E-state index contributed by atoms with van der Waals surface area (Å²) in [4.78, 5) is 16.4. The van der Waals surface area contributed by atoms with Crippen molar-refractivity contribution in [2.45, 2.75) is 20.1 Å². The van der Waals surface area contributed by atoms with Gasteiger partial charge in [-0.15, -0.1) is 0 Å². The van der Waals surface area contributed by atoms with Crippen molar-refractivity contribution >= 4 is 11.4 Å². The third-order valence-corrected chi connectivity index (χ3v) is 3.29. The molecule has 0 spiro atoms. The maximum atomic E-state index is 10.8. The van der Waals surface area contributed by atoms with Crippen LogP contribution in [0.15, 0.2) is 42.7 Å². The van der Waals surface area contributed by atoms with Crippen molar-refractivity contribution in [3.8, 4) is 0 Å². The Morgan fingerprint density at radius 1 is 1.29 bits per heavy atom. The highest BCUT2D eigenvalue weighted by Crippen LogP contribution is 2.26. The van der Waals surface area contributed by atoms with Crippen molar-refractivity contribution in [2.75, 3.05) is 11.4 Å². The number of nitro benzene ring substituents is 1. The van der Waals surface area contributed by atoms with E-state index in [0.717, 1.165) is 17.8 Å². The molecule has 0 fully saturated rings. The van der Waals surface area contributed by atoms with Crippen molar-refractivity contribution < 1.29 is 10.0 Å². The van der Waals surface area contributed by atoms with Crippen molar-refractivity contribution in [2.24, 2.45) is 0 Å². The number of aromatic nitrogens is 1. The average Bonchev–Trinajstić information content (AvgIpc) is 2.53. The summed E-state index contributed by atoms with van der Waals surface area (Å²) in [5.41, 5.74) is 2.44. The summed E-state index contributed by atoms with van der Waals surface area (Å²) in [5.74, 6) is 0. The van der Waals surface area contributed by atoms with Crippen molar-refractivity contribution in [1.29, 1.82) is 0 Å². The van der Waals surface area contributed by atoms with Gasteiger partial charge in [0, 0.05) is 48.9 Å². The van der Waals surface area contributed by atoms with E-state index in [1.807, 2.05) is 19.1 Å². The Kier molecular flexibility index (Phi) is 4.84. The van der Waals surface area contributed by atoms with Crippen LogP contribution in [0.2, 0.25) is 0 Å². The fourth-order valence-corrected chi connectivity index (χ4v) is 2.20. The van der Waals surface area contributed by atoms with Crippen LogP contribution in [0.1, 0.15) is 18.1 Å². The number of benzene rings is 1. The summed E-state index contributed by atoms with van der Waals surface area (Å²) >= 11 is 0. The molecule has 1 aromatic heterocycles. The molecule has 0 aliphatic carbocycles. The SMILES string of the molecule is CCN(Cc1ccncc1)c1ccc([N+](=O)[O-])cc1CO. The van der Waals surface area contributed by atoms with E-state index in [1.165, 1.54) is 12.1 Å². The van der Waals surface area contributed by atoms with Crippen LogP contribution in [-0.2, 0) is 13.2 Å². The molecule has 0 saturated heterocycles. The van der Waals surface area contributed by atoms with Gasteiger partial charge in [0.05, 0.1) is 11.5 Å². The molecule has 110 valence electrons. The molecule has 0 radical (unpaired) electrons. The number of hydrogen-bond acceptors (Lipinski definition) is 5. The van der Waals surface area contributed by atoms with E-state index in [-0.39, 0.29) is 12.3 Å². The van der Waals surface area contributed by atoms with Gasteiger partial charge in [-0.3, -0.25) is 15.1 Å². The first-order chi connectivity index (χ1) is 10.2. The van der Waals surface area contributed by atoms with E-state index < -0.39 is 4.92 Å². The zero-order valence-corrected chi connectivity index (χ0v) is 11.8.